The van der Waals surface area contributed by atoms with Crippen LogP contribution in [-0.2, 0) is 0 Å². The summed E-state index contributed by atoms with van der Waals surface area (Å²) in [5, 5.41) is 2.97. The van der Waals surface area contributed by atoms with Gasteiger partial charge < -0.3 is 10.1 Å². The number of hydrogen-bond donors (Lipinski definition) is 1. The highest BCUT2D eigenvalue weighted by molar-refractivity contribution is 6.31. The zero-order chi connectivity index (χ0) is 13.3. The molecule has 0 amide bonds. The highest BCUT2D eigenvalue weighted by atomic mass is 35.5. The fourth-order valence-electron chi connectivity index (χ4n) is 2.11. The minimum absolute atomic E-state index is 0.111. The summed E-state index contributed by atoms with van der Waals surface area (Å²) >= 11 is 12.1. The monoisotopic (exact) mass is 291 g/mol. The standard InChI is InChI=1S/C13H16Cl2FNO/c1-3-18-13-9(7(2)14)4-10(15)12(16)11(13)8-5-17-6-8/h4,7-8,17H,3,5-6H2,1-2H3. The van der Waals surface area contributed by atoms with Crippen LogP contribution < -0.4 is 10.1 Å². The van der Waals surface area contributed by atoms with E-state index in [1.165, 1.54) is 0 Å². The van der Waals surface area contributed by atoms with Gasteiger partial charge in [0.05, 0.1) is 17.0 Å². The maximum atomic E-state index is 14.2. The molecule has 0 bridgehead atoms. The van der Waals surface area contributed by atoms with Crippen LogP contribution in [-0.4, -0.2) is 19.7 Å². The third-order valence-corrected chi connectivity index (χ3v) is 3.65. The lowest BCUT2D eigenvalue weighted by molar-refractivity contribution is 0.318. The number of benzene rings is 1. The van der Waals surface area contributed by atoms with Crippen molar-refractivity contribution in [3.63, 3.8) is 0 Å². The first-order valence-corrected chi connectivity index (χ1v) is 6.87. The molecule has 0 spiro atoms. The summed E-state index contributed by atoms with van der Waals surface area (Å²) in [6.07, 6.45) is 0. The average Bonchev–Trinajstić information content (AvgIpc) is 2.25. The smallest absolute Gasteiger partial charge is 0.149 e. The molecule has 0 aromatic heterocycles. The van der Waals surface area contributed by atoms with E-state index >= 15 is 0 Å². The molecule has 0 aliphatic carbocycles. The van der Waals surface area contributed by atoms with Gasteiger partial charge in [0.1, 0.15) is 11.6 Å². The van der Waals surface area contributed by atoms with Crippen LogP contribution in [0.25, 0.3) is 0 Å². The van der Waals surface area contributed by atoms with Crippen LogP contribution in [0.1, 0.15) is 36.3 Å². The molecule has 1 aromatic rings. The first-order chi connectivity index (χ1) is 8.56. The Bertz CT molecular complexity index is 447. The Morgan fingerprint density at radius 3 is 2.67 bits per heavy atom. The first kappa shape index (κ1) is 13.9. The van der Waals surface area contributed by atoms with Crippen molar-refractivity contribution in [1.29, 1.82) is 0 Å². The molecule has 1 heterocycles. The molecule has 1 saturated heterocycles. The molecule has 1 N–H and O–H groups in total. The molecule has 5 heteroatoms. The Kier molecular flexibility index (Phi) is 4.36. The van der Waals surface area contributed by atoms with E-state index in [1.54, 1.807) is 6.07 Å². The van der Waals surface area contributed by atoms with Crippen molar-refractivity contribution in [3.8, 4) is 5.75 Å². The Morgan fingerprint density at radius 1 is 1.56 bits per heavy atom. The number of halogens is 3. The lowest BCUT2D eigenvalue weighted by Crippen LogP contribution is -2.40. The molecule has 1 aliphatic rings. The van der Waals surface area contributed by atoms with Crippen LogP contribution in [0.15, 0.2) is 6.07 Å². The zero-order valence-corrected chi connectivity index (χ0v) is 11.9. The highest BCUT2D eigenvalue weighted by Gasteiger charge is 2.30. The van der Waals surface area contributed by atoms with Gasteiger partial charge in [0, 0.05) is 30.1 Å². The number of hydrogen-bond acceptors (Lipinski definition) is 2. The van der Waals surface area contributed by atoms with Crippen molar-refractivity contribution in [1.82, 2.24) is 5.32 Å². The molecule has 0 saturated carbocycles. The maximum Gasteiger partial charge on any atom is 0.149 e. The Balaban J connectivity index is 2.57. The summed E-state index contributed by atoms with van der Waals surface area (Å²) in [6.45, 7) is 5.67. The Morgan fingerprint density at radius 2 is 2.22 bits per heavy atom. The molecular weight excluding hydrogens is 276 g/mol. The Labute approximate surface area is 116 Å². The molecule has 1 fully saturated rings. The highest BCUT2D eigenvalue weighted by Crippen LogP contribution is 2.42. The summed E-state index contributed by atoms with van der Waals surface area (Å²) in [4.78, 5) is 0. The van der Waals surface area contributed by atoms with Gasteiger partial charge in [-0.3, -0.25) is 0 Å². The normalized spacial score (nSPS) is 17.4. The van der Waals surface area contributed by atoms with Gasteiger partial charge in [-0.2, -0.15) is 0 Å². The molecule has 100 valence electrons. The van der Waals surface area contributed by atoms with Gasteiger partial charge in [0.2, 0.25) is 0 Å². The second-order valence-corrected chi connectivity index (χ2v) is 5.47. The van der Waals surface area contributed by atoms with Crippen LogP contribution >= 0.6 is 23.2 Å². The van der Waals surface area contributed by atoms with Crippen molar-refractivity contribution >= 4 is 23.2 Å². The predicted octanol–water partition coefficient (Wildman–Crippen LogP) is 3.86. The molecule has 1 aromatic carbocycles. The summed E-state index contributed by atoms with van der Waals surface area (Å²) in [7, 11) is 0. The number of alkyl halides is 1. The Hall–Kier alpha value is -0.510. The van der Waals surface area contributed by atoms with E-state index in [0.29, 0.717) is 17.9 Å². The van der Waals surface area contributed by atoms with Crippen molar-refractivity contribution < 1.29 is 9.13 Å². The number of ether oxygens (including phenoxy) is 1. The molecule has 18 heavy (non-hydrogen) atoms. The molecule has 1 unspecified atom stereocenters. The minimum atomic E-state index is -0.382. The number of nitrogens with one attached hydrogen (secondary N) is 1. The van der Waals surface area contributed by atoms with E-state index < -0.39 is 0 Å². The van der Waals surface area contributed by atoms with Crippen LogP contribution in [0.5, 0.6) is 5.75 Å². The number of rotatable bonds is 4. The molecule has 1 atom stereocenters. The van der Waals surface area contributed by atoms with Gasteiger partial charge >= 0.3 is 0 Å². The van der Waals surface area contributed by atoms with Crippen LogP contribution in [0.3, 0.4) is 0 Å². The second kappa shape index (κ2) is 5.64. The molecule has 0 radical (unpaired) electrons. The van der Waals surface area contributed by atoms with Gasteiger partial charge in [-0.15, -0.1) is 11.6 Å². The maximum absolute atomic E-state index is 14.2. The lowest BCUT2D eigenvalue weighted by atomic mass is 9.90. The van der Waals surface area contributed by atoms with Crippen molar-refractivity contribution in [2.75, 3.05) is 19.7 Å². The largest absolute Gasteiger partial charge is 0.493 e. The topological polar surface area (TPSA) is 21.3 Å². The lowest BCUT2D eigenvalue weighted by Gasteiger charge is -2.31. The summed E-state index contributed by atoms with van der Waals surface area (Å²) < 4.78 is 19.8. The molecule has 2 rings (SSSR count). The quantitative estimate of drug-likeness (QED) is 0.851. The van der Waals surface area contributed by atoms with Crippen molar-refractivity contribution in [2.45, 2.75) is 25.1 Å². The van der Waals surface area contributed by atoms with E-state index in [4.69, 9.17) is 27.9 Å². The third-order valence-electron chi connectivity index (χ3n) is 3.14. The van der Waals surface area contributed by atoms with E-state index in [0.717, 1.165) is 18.7 Å². The average molecular weight is 292 g/mol. The van der Waals surface area contributed by atoms with Crippen LogP contribution in [0.4, 0.5) is 4.39 Å². The predicted molar refractivity (Wildman–Crippen MR) is 72.5 cm³/mol. The van der Waals surface area contributed by atoms with Gasteiger partial charge in [0.15, 0.2) is 0 Å². The third kappa shape index (κ3) is 2.44. The second-order valence-electron chi connectivity index (χ2n) is 4.41. The first-order valence-electron chi connectivity index (χ1n) is 6.05. The van der Waals surface area contributed by atoms with Crippen LogP contribution in [0, 0.1) is 5.82 Å². The van der Waals surface area contributed by atoms with E-state index in [9.17, 15) is 4.39 Å². The molecule has 2 nitrogen and oxygen atoms in total. The SMILES string of the molecule is CCOc1c(C(C)Cl)cc(Cl)c(F)c1C1CNC1. The van der Waals surface area contributed by atoms with Crippen molar-refractivity contribution in [2.24, 2.45) is 0 Å². The van der Waals surface area contributed by atoms with Gasteiger partial charge in [-0.05, 0) is 19.9 Å². The summed E-state index contributed by atoms with van der Waals surface area (Å²) in [5.74, 6) is 0.292. The fraction of sp³-hybridized carbons (Fsp3) is 0.538. The molecular formula is C13H16Cl2FNO. The van der Waals surface area contributed by atoms with E-state index in [2.05, 4.69) is 5.32 Å². The molecule has 1 aliphatic heterocycles. The van der Waals surface area contributed by atoms with E-state index in [-0.39, 0.29) is 22.1 Å². The summed E-state index contributed by atoms with van der Waals surface area (Å²) in [5.41, 5.74) is 1.32. The fourth-order valence-corrected chi connectivity index (χ4v) is 2.49. The zero-order valence-electron chi connectivity index (χ0n) is 10.4. The van der Waals surface area contributed by atoms with E-state index in [1.807, 2.05) is 13.8 Å². The van der Waals surface area contributed by atoms with Crippen molar-refractivity contribution in [3.05, 3.63) is 28.0 Å². The minimum Gasteiger partial charge on any atom is -0.493 e. The van der Waals surface area contributed by atoms with Gasteiger partial charge in [-0.25, -0.2) is 4.39 Å². The van der Waals surface area contributed by atoms with Crippen LogP contribution in [0.2, 0.25) is 5.02 Å². The van der Waals surface area contributed by atoms with Gasteiger partial charge in [-0.1, -0.05) is 11.6 Å². The summed E-state index contributed by atoms with van der Waals surface area (Å²) in [6, 6.07) is 1.56. The van der Waals surface area contributed by atoms with Gasteiger partial charge in [0.25, 0.3) is 0 Å².